The van der Waals surface area contributed by atoms with E-state index in [0.29, 0.717) is 5.56 Å². The fraction of sp³-hybridized carbons (Fsp3) is 0.222. The van der Waals surface area contributed by atoms with Crippen LogP contribution in [-0.4, -0.2) is 5.84 Å². The van der Waals surface area contributed by atoms with Gasteiger partial charge in [0.1, 0.15) is 5.84 Å². The van der Waals surface area contributed by atoms with Gasteiger partial charge in [-0.2, -0.15) is 13.2 Å². The van der Waals surface area contributed by atoms with E-state index < -0.39 is 17.8 Å². The first-order valence-electron chi connectivity index (χ1n) is 4.09. The summed E-state index contributed by atoms with van der Waals surface area (Å²) in [4.78, 5) is 0. The second-order valence-electron chi connectivity index (χ2n) is 3.05. The van der Waals surface area contributed by atoms with Crippen molar-refractivity contribution in [2.45, 2.75) is 12.2 Å². The molecule has 5 N–H and O–H groups in total. The van der Waals surface area contributed by atoms with E-state index in [1.165, 1.54) is 12.1 Å². The number of nitrogens with two attached hydrogens (primary N) is 2. The minimum Gasteiger partial charge on any atom is -0.386 e. The SMILES string of the molecule is N=C(N)C(N)c1ccc(C(F)(F)F)cc1. The van der Waals surface area contributed by atoms with E-state index in [1.54, 1.807) is 0 Å². The van der Waals surface area contributed by atoms with Crippen LogP contribution in [0.5, 0.6) is 0 Å². The van der Waals surface area contributed by atoms with Crippen LogP contribution in [0.2, 0.25) is 0 Å². The summed E-state index contributed by atoms with van der Waals surface area (Å²) in [5.41, 5.74) is 10.2. The molecule has 0 saturated carbocycles. The van der Waals surface area contributed by atoms with Gasteiger partial charge in [-0.05, 0) is 17.7 Å². The molecule has 0 aromatic heterocycles. The van der Waals surface area contributed by atoms with Crippen LogP contribution in [0.4, 0.5) is 13.2 Å². The van der Waals surface area contributed by atoms with Crippen LogP contribution in [-0.2, 0) is 6.18 Å². The number of halogens is 3. The van der Waals surface area contributed by atoms with Crippen molar-refractivity contribution in [3.8, 4) is 0 Å². The normalized spacial score (nSPS) is 13.6. The third-order valence-corrected chi connectivity index (χ3v) is 1.93. The van der Waals surface area contributed by atoms with Crippen LogP contribution in [0.3, 0.4) is 0 Å². The Morgan fingerprint density at radius 2 is 1.67 bits per heavy atom. The lowest BCUT2D eigenvalue weighted by atomic mass is 10.0. The molecule has 0 heterocycles. The number of nitrogens with one attached hydrogen (secondary N) is 1. The topological polar surface area (TPSA) is 75.9 Å². The summed E-state index contributed by atoms with van der Waals surface area (Å²) in [7, 11) is 0. The highest BCUT2D eigenvalue weighted by atomic mass is 19.4. The zero-order valence-corrected chi connectivity index (χ0v) is 7.68. The van der Waals surface area contributed by atoms with Crippen molar-refractivity contribution in [1.82, 2.24) is 0 Å². The van der Waals surface area contributed by atoms with Gasteiger partial charge in [0.25, 0.3) is 0 Å². The summed E-state index contributed by atoms with van der Waals surface area (Å²) in [6.07, 6.45) is -4.36. The first-order chi connectivity index (χ1) is 6.82. The van der Waals surface area contributed by atoms with Crippen molar-refractivity contribution in [3.05, 3.63) is 35.4 Å². The fourth-order valence-corrected chi connectivity index (χ4v) is 1.06. The highest BCUT2D eigenvalue weighted by molar-refractivity contribution is 5.83. The van der Waals surface area contributed by atoms with E-state index in [0.717, 1.165) is 12.1 Å². The summed E-state index contributed by atoms with van der Waals surface area (Å²) in [6, 6.07) is 3.41. The number of benzene rings is 1. The highest BCUT2D eigenvalue weighted by Gasteiger charge is 2.30. The molecule has 0 amide bonds. The number of hydrogen-bond donors (Lipinski definition) is 3. The molecule has 82 valence electrons. The van der Waals surface area contributed by atoms with Gasteiger partial charge in [0.05, 0.1) is 11.6 Å². The molecule has 0 aliphatic heterocycles. The van der Waals surface area contributed by atoms with Gasteiger partial charge >= 0.3 is 6.18 Å². The van der Waals surface area contributed by atoms with Crippen molar-refractivity contribution >= 4 is 5.84 Å². The quantitative estimate of drug-likeness (QED) is 0.520. The molecule has 0 radical (unpaired) electrons. The lowest BCUT2D eigenvalue weighted by molar-refractivity contribution is -0.137. The summed E-state index contributed by atoms with van der Waals surface area (Å²) in [5.74, 6) is -0.283. The largest absolute Gasteiger partial charge is 0.416 e. The summed E-state index contributed by atoms with van der Waals surface area (Å²) < 4.78 is 36.5. The smallest absolute Gasteiger partial charge is 0.386 e. The molecule has 0 aliphatic rings. The number of hydrogen-bond acceptors (Lipinski definition) is 2. The lowest BCUT2D eigenvalue weighted by Crippen LogP contribution is -2.27. The average molecular weight is 217 g/mol. The predicted molar refractivity (Wildman–Crippen MR) is 50.3 cm³/mol. The van der Waals surface area contributed by atoms with Crippen LogP contribution < -0.4 is 11.5 Å². The molecular formula is C9H10F3N3. The van der Waals surface area contributed by atoms with E-state index in [1.807, 2.05) is 0 Å². The van der Waals surface area contributed by atoms with Crippen molar-refractivity contribution in [2.75, 3.05) is 0 Å². The minimum atomic E-state index is -4.36. The molecule has 0 bridgehead atoms. The summed E-state index contributed by atoms with van der Waals surface area (Å²) >= 11 is 0. The zero-order chi connectivity index (χ0) is 11.6. The van der Waals surface area contributed by atoms with E-state index in [2.05, 4.69) is 0 Å². The monoisotopic (exact) mass is 217 g/mol. The zero-order valence-electron chi connectivity index (χ0n) is 7.68. The Morgan fingerprint density at radius 1 is 1.20 bits per heavy atom. The Labute approximate surface area is 84.4 Å². The molecule has 0 fully saturated rings. The van der Waals surface area contributed by atoms with Crippen molar-refractivity contribution in [1.29, 1.82) is 5.41 Å². The third-order valence-electron chi connectivity index (χ3n) is 1.93. The molecule has 1 aromatic rings. The number of alkyl halides is 3. The van der Waals surface area contributed by atoms with Gasteiger partial charge in [-0.15, -0.1) is 0 Å². The standard InChI is InChI=1S/C9H10F3N3/c10-9(11,12)6-3-1-5(2-4-6)7(13)8(14)15/h1-4,7H,13H2,(H3,14,15). The van der Waals surface area contributed by atoms with Gasteiger partial charge < -0.3 is 11.5 Å². The molecule has 1 unspecified atom stereocenters. The Balaban J connectivity index is 2.95. The first-order valence-corrected chi connectivity index (χ1v) is 4.09. The van der Waals surface area contributed by atoms with Crippen LogP contribution >= 0.6 is 0 Å². The van der Waals surface area contributed by atoms with Gasteiger partial charge in [0.2, 0.25) is 0 Å². The molecule has 0 spiro atoms. The Bertz CT molecular complexity index is 356. The maximum atomic E-state index is 12.2. The molecular weight excluding hydrogens is 207 g/mol. The van der Waals surface area contributed by atoms with E-state index >= 15 is 0 Å². The van der Waals surface area contributed by atoms with Gasteiger partial charge in [-0.3, -0.25) is 5.41 Å². The van der Waals surface area contributed by atoms with E-state index in [4.69, 9.17) is 16.9 Å². The molecule has 3 nitrogen and oxygen atoms in total. The van der Waals surface area contributed by atoms with Crippen LogP contribution in [0.25, 0.3) is 0 Å². The van der Waals surface area contributed by atoms with Gasteiger partial charge in [0, 0.05) is 0 Å². The Morgan fingerprint density at radius 3 is 2.00 bits per heavy atom. The minimum absolute atomic E-state index is 0.283. The van der Waals surface area contributed by atoms with Gasteiger partial charge in [-0.1, -0.05) is 12.1 Å². The summed E-state index contributed by atoms with van der Waals surface area (Å²) in [5, 5.41) is 7.04. The van der Waals surface area contributed by atoms with E-state index in [-0.39, 0.29) is 5.84 Å². The second-order valence-corrected chi connectivity index (χ2v) is 3.05. The molecule has 6 heteroatoms. The summed E-state index contributed by atoms with van der Waals surface area (Å²) in [6.45, 7) is 0. The van der Waals surface area contributed by atoms with Crippen molar-refractivity contribution < 1.29 is 13.2 Å². The second kappa shape index (κ2) is 3.90. The molecule has 1 aromatic carbocycles. The Hall–Kier alpha value is -1.56. The van der Waals surface area contributed by atoms with Gasteiger partial charge in [0.15, 0.2) is 0 Å². The molecule has 0 aliphatic carbocycles. The molecule has 15 heavy (non-hydrogen) atoms. The Kier molecular flexibility index (Phi) is 2.99. The van der Waals surface area contributed by atoms with Gasteiger partial charge in [-0.25, -0.2) is 0 Å². The van der Waals surface area contributed by atoms with Crippen LogP contribution in [0, 0.1) is 5.41 Å². The molecule has 1 rings (SSSR count). The maximum Gasteiger partial charge on any atom is 0.416 e. The maximum absolute atomic E-state index is 12.2. The molecule has 1 atom stereocenters. The molecule has 0 saturated heterocycles. The number of rotatable bonds is 2. The fourth-order valence-electron chi connectivity index (χ4n) is 1.06. The third kappa shape index (κ3) is 2.69. The number of amidine groups is 1. The predicted octanol–water partition coefficient (Wildman–Crippen LogP) is 1.64. The van der Waals surface area contributed by atoms with Crippen LogP contribution in [0.1, 0.15) is 17.2 Å². The lowest BCUT2D eigenvalue weighted by Gasteiger charge is -2.11. The first kappa shape index (κ1) is 11.5. The highest BCUT2D eigenvalue weighted by Crippen LogP contribution is 2.29. The van der Waals surface area contributed by atoms with E-state index in [9.17, 15) is 13.2 Å². The average Bonchev–Trinajstić information content (AvgIpc) is 2.15. The van der Waals surface area contributed by atoms with Crippen LogP contribution in [0.15, 0.2) is 24.3 Å². The van der Waals surface area contributed by atoms with Crippen molar-refractivity contribution in [3.63, 3.8) is 0 Å². The van der Waals surface area contributed by atoms with Crippen molar-refractivity contribution in [2.24, 2.45) is 11.5 Å².